The summed E-state index contributed by atoms with van der Waals surface area (Å²) < 4.78 is 41.3. The van der Waals surface area contributed by atoms with E-state index in [1.54, 1.807) is 106 Å². The number of hydrogen-bond acceptors (Lipinski definition) is 7. The molecule has 0 fully saturated rings. The fourth-order valence-corrected chi connectivity index (χ4v) is 6.31. The van der Waals surface area contributed by atoms with Gasteiger partial charge in [-0.3, -0.25) is 19.6 Å². The lowest BCUT2D eigenvalue weighted by atomic mass is 9.97. The first-order chi connectivity index (χ1) is 29.1. The number of halogens is 6. The van der Waals surface area contributed by atoms with Crippen molar-refractivity contribution in [2.75, 3.05) is 42.4 Å². The van der Waals surface area contributed by atoms with Gasteiger partial charge in [-0.2, -0.15) is 0 Å². The molecular formula is C47H49Cl4F2N5O4. The maximum Gasteiger partial charge on any atom is 0.315 e. The SMILES string of the molecule is CN(C)C(=O)Cl.COc1ccc(Cc2ccc(CCC(=O)N(C)C)nc2)c(F)c1-c1cccc(Cl)c1.COc1ccc(Cc2ccc(CN)nc2)c(F)c1-c1cccc(Cl)c1.Cl. The average molecular weight is 928 g/mol. The molecule has 2 aromatic heterocycles. The predicted octanol–water partition coefficient (Wildman–Crippen LogP) is 11.1. The maximum atomic E-state index is 15.4. The fraction of sp³-hybridized carbons (Fsp3) is 0.234. The van der Waals surface area contributed by atoms with E-state index in [1.807, 2.05) is 36.4 Å². The first-order valence-electron chi connectivity index (χ1n) is 19.0. The van der Waals surface area contributed by atoms with Crippen molar-refractivity contribution in [2.24, 2.45) is 5.73 Å². The number of methoxy groups -OCH3 is 2. The van der Waals surface area contributed by atoms with Crippen molar-refractivity contribution in [1.82, 2.24) is 19.8 Å². The number of nitrogens with two attached hydrogens (primary N) is 1. The molecule has 0 saturated heterocycles. The largest absolute Gasteiger partial charge is 0.496 e. The molecule has 6 aromatic rings. The lowest BCUT2D eigenvalue weighted by Crippen LogP contribution is -2.21. The number of nitrogens with zero attached hydrogens (tertiary/aromatic N) is 4. The molecule has 15 heteroatoms. The normalized spacial score (nSPS) is 10.3. The van der Waals surface area contributed by atoms with Crippen LogP contribution in [0.4, 0.5) is 13.6 Å². The molecule has 0 spiro atoms. The smallest absolute Gasteiger partial charge is 0.315 e. The minimum Gasteiger partial charge on any atom is -0.496 e. The third kappa shape index (κ3) is 14.7. The Morgan fingerprint density at radius 1 is 0.661 bits per heavy atom. The fourth-order valence-electron chi connectivity index (χ4n) is 5.93. The van der Waals surface area contributed by atoms with Gasteiger partial charge in [0.15, 0.2) is 0 Å². The van der Waals surface area contributed by atoms with Crippen LogP contribution < -0.4 is 15.2 Å². The highest BCUT2D eigenvalue weighted by molar-refractivity contribution is 6.62. The molecule has 2 N–H and O–H groups in total. The van der Waals surface area contributed by atoms with Crippen molar-refractivity contribution in [3.63, 3.8) is 0 Å². The van der Waals surface area contributed by atoms with Crippen LogP contribution in [0.1, 0.15) is 40.1 Å². The summed E-state index contributed by atoms with van der Waals surface area (Å²) >= 11 is 17.1. The van der Waals surface area contributed by atoms with Gasteiger partial charge in [-0.15, -0.1) is 12.4 Å². The number of aromatic nitrogens is 2. The number of ether oxygens (including phenoxy) is 2. The number of rotatable bonds is 12. The van der Waals surface area contributed by atoms with Crippen LogP contribution in [0.25, 0.3) is 22.3 Å². The van der Waals surface area contributed by atoms with Gasteiger partial charge in [-0.05, 0) is 99.9 Å². The van der Waals surface area contributed by atoms with Crippen molar-refractivity contribution < 1.29 is 27.8 Å². The summed E-state index contributed by atoms with van der Waals surface area (Å²) in [5.41, 5.74) is 12.3. The van der Waals surface area contributed by atoms with Gasteiger partial charge in [0.1, 0.15) is 23.1 Å². The predicted molar refractivity (Wildman–Crippen MR) is 248 cm³/mol. The highest BCUT2D eigenvalue weighted by atomic mass is 35.5. The van der Waals surface area contributed by atoms with Gasteiger partial charge in [0.2, 0.25) is 5.91 Å². The van der Waals surface area contributed by atoms with Crippen LogP contribution in [0.5, 0.6) is 11.5 Å². The van der Waals surface area contributed by atoms with Crippen LogP contribution in [0.3, 0.4) is 0 Å². The second-order valence-electron chi connectivity index (χ2n) is 14.1. The number of aryl methyl sites for hydroxylation is 1. The van der Waals surface area contributed by atoms with Crippen LogP contribution in [0.2, 0.25) is 10.0 Å². The molecule has 0 saturated carbocycles. The van der Waals surface area contributed by atoms with Crippen molar-refractivity contribution in [3.05, 3.63) is 165 Å². The average Bonchev–Trinajstić information content (AvgIpc) is 3.25. The minimum absolute atomic E-state index is 0. The van der Waals surface area contributed by atoms with Crippen LogP contribution in [0, 0.1) is 11.6 Å². The van der Waals surface area contributed by atoms with E-state index < -0.39 is 5.37 Å². The number of benzene rings is 4. The molecule has 328 valence electrons. The Morgan fingerprint density at radius 3 is 1.44 bits per heavy atom. The Kier molecular flexibility index (Phi) is 20.6. The van der Waals surface area contributed by atoms with Crippen LogP contribution >= 0.6 is 47.2 Å². The van der Waals surface area contributed by atoms with E-state index in [2.05, 4.69) is 9.97 Å². The van der Waals surface area contributed by atoms with E-state index in [1.165, 1.54) is 19.1 Å². The zero-order valence-corrected chi connectivity index (χ0v) is 38.3. The van der Waals surface area contributed by atoms with Crippen molar-refractivity contribution in [1.29, 1.82) is 0 Å². The summed E-state index contributed by atoms with van der Waals surface area (Å²) in [4.78, 5) is 33.1. The molecule has 0 radical (unpaired) electrons. The van der Waals surface area contributed by atoms with Gasteiger partial charge in [-0.25, -0.2) is 8.78 Å². The Balaban J connectivity index is 0.000000291. The number of carbonyl (C=O) groups excluding carboxylic acids is 2. The van der Waals surface area contributed by atoms with E-state index >= 15 is 8.78 Å². The molecule has 2 amide bonds. The third-order valence-electron chi connectivity index (χ3n) is 9.25. The Hall–Kier alpha value is -5.30. The Labute approximate surface area is 383 Å². The molecule has 0 aliphatic heterocycles. The molecular weight excluding hydrogens is 878 g/mol. The number of hydrogen-bond donors (Lipinski definition) is 1. The van der Waals surface area contributed by atoms with Crippen molar-refractivity contribution >= 4 is 58.5 Å². The Bertz CT molecular complexity index is 2400. The van der Waals surface area contributed by atoms with E-state index in [-0.39, 0.29) is 29.9 Å². The topological polar surface area (TPSA) is 111 Å². The highest BCUT2D eigenvalue weighted by Gasteiger charge is 2.18. The molecule has 4 aromatic carbocycles. The van der Waals surface area contributed by atoms with E-state index in [0.717, 1.165) is 22.5 Å². The summed E-state index contributed by atoms with van der Waals surface area (Å²) in [5, 5.41) is 0.646. The van der Waals surface area contributed by atoms with Gasteiger partial charge in [-0.1, -0.05) is 71.7 Å². The molecule has 0 aliphatic carbocycles. The summed E-state index contributed by atoms with van der Waals surface area (Å²) in [5.74, 6) is 0.342. The van der Waals surface area contributed by atoms with Crippen LogP contribution in [0.15, 0.2) is 109 Å². The lowest BCUT2D eigenvalue weighted by Gasteiger charge is -2.14. The highest BCUT2D eigenvalue weighted by Crippen LogP contribution is 2.37. The standard InChI is InChI=1S/C24H24ClFN2O2.C20H18ClFN2O.C3H6ClNO.ClH/c1-28(2)22(29)12-10-20-9-7-16(15-27-20)13-18-8-11-21(30-3)23(24(18)26)17-5-4-6-19(25)14-17;1-25-18-8-6-15(9-13-5-7-17(11-23)24-12-13)20(22)19(18)14-3-2-4-16(21)10-14;1-5(2)3(4)6;/h4-9,11,14-15H,10,12-13H2,1-3H3;2-8,10,12H,9,11,23H2,1H3;1-2H3;1H. The number of amides is 2. The first-order valence-corrected chi connectivity index (χ1v) is 20.2. The summed E-state index contributed by atoms with van der Waals surface area (Å²) in [6, 6.07) is 28.7. The molecule has 9 nitrogen and oxygen atoms in total. The van der Waals surface area contributed by atoms with Crippen LogP contribution in [-0.4, -0.2) is 73.5 Å². The van der Waals surface area contributed by atoms with Crippen molar-refractivity contribution in [3.8, 4) is 33.8 Å². The monoisotopic (exact) mass is 925 g/mol. The maximum absolute atomic E-state index is 15.4. The molecule has 0 bridgehead atoms. The summed E-state index contributed by atoms with van der Waals surface area (Å²) in [6.07, 6.45) is 5.28. The Morgan fingerprint density at radius 2 is 1.10 bits per heavy atom. The molecule has 0 aliphatic rings. The van der Waals surface area contributed by atoms with Gasteiger partial charge in [0.05, 0.1) is 31.0 Å². The molecule has 2 heterocycles. The van der Waals surface area contributed by atoms with Gasteiger partial charge in [0.25, 0.3) is 0 Å². The van der Waals surface area contributed by atoms with E-state index in [0.29, 0.717) is 87.2 Å². The van der Waals surface area contributed by atoms with Gasteiger partial charge >= 0.3 is 5.37 Å². The summed E-state index contributed by atoms with van der Waals surface area (Å²) in [7, 11) is 9.70. The van der Waals surface area contributed by atoms with Gasteiger partial charge in [0, 0.05) is 82.1 Å². The summed E-state index contributed by atoms with van der Waals surface area (Å²) in [6.45, 7) is 0.385. The number of carbonyl (C=O) groups is 2. The lowest BCUT2D eigenvalue weighted by molar-refractivity contribution is -0.128. The third-order valence-corrected chi connectivity index (χ3v) is 10.1. The second kappa shape index (κ2) is 25.0. The molecule has 0 unspecified atom stereocenters. The molecule has 0 atom stereocenters. The van der Waals surface area contributed by atoms with E-state index in [9.17, 15) is 9.59 Å². The first kappa shape index (κ1) is 51.1. The van der Waals surface area contributed by atoms with Gasteiger partial charge < -0.3 is 25.0 Å². The zero-order valence-electron chi connectivity index (χ0n) is 35.2. The quantitative estimate of drug-likeness (QED) is 0.0961. The second-order valence-corrected chi connectivity index (χ2v) is 15.3. The minimum atomic E-state index is -0.435. The zero-order chi connectivity index (χ0) is 44.6. The number of pyridine rings is 2. The molecule has 62 heavy (non-hydrogen) atoms. The molecule has 6 rings (SSSR count). The van der Waals surface area contributed by atoms with E-state index in [4.69, 9.17) is 50.0 Å². The van der Waals surface area contributed by atoms with Crippen molar-refractivity contribution in [2.45, 2.75) is 32.2 Å². The van der Waals surface area contributed by atoms with Crippen LogP contribution in [-0.2, 0) is 30.6 Å².